The lowest BCUT2D eigenvalue weighted by Crippen LogP contribution is -2.35. The zero-order valence-corrected chi connectivity index (χ0v) is 13.3. The van der Waals surface area contributed by atoms with Gasteiger partial charge in [0.05, 0.1) is 0 Å². The molecule has 0 fully saturated rings. The number of hydrogen-bond acceptors (Lipinski definition) is 4. The van der Waals surface area contributed by atoms with Crippen LogP contribution in [0, 0.1) is 0 Å². The first-order valence-electron chi connectivity index (χ1n) is 7.23. The number of nitrogens with one attached hydrogen (secondary N) is 2. The average Bonchev–Trinajstić information content (AvgIpc) is 2.38. The maximum absolute atomic E-state index is 5.62. The van der Waals surface area contributed by atoms with Crippen LogP contribution in [-0.4, -0.2) is 44.2 Å². The van der Waals surface area contributed by atoms with Crippen LogP contribution in [0.3, 0.4) is 0 Å². The van der Waals surface area contributed by atoms with Gasteiger partial charge >= 0.3 is 0 Å². The highest BCUT2D eigenvalue weighted by Gasteiger charge is 2.03. The molecule has 0 aliphatic heterocycles. The SMILES string of the molecule is CCNCCNC(C)CCN(C)/C(C)=C/C=C(\C)N. The molecule has 4 heteroatoms. The molecule has 112 valence electrons. The number of likely N-dealkylation sites (N-methyl/N-ethyl adjacent to an activating group) is 1. The van der Waals surface area contributed by atoms with Crippen molar-refractivity contribution in [3.05, 3.63) is 23.5 Å². The van der Waals surface area contributed by atoms with Crippen molar-refractivity contribution in [2.24, 2.45) is 5.73 Å². The molecule has 0 bridgehead atoms. The summed E-state index contributed by atoms with van der Waals surface area (Å²) in [6, 6.07) is 0.542. The molecular weight excluding hydrogens is 236 g/mol. The van der Waals surface area contributed by atoms with Gasteiger partial charge in [-0.1, -0.05) is 6.92 Å². The fourth-order valence-electron chi connectivity index (χ4n) is 1.63. The largest absolute Gasteiger partial charge is 0.402 e. The Morgan fingerprint density at radius 3 is 2.53 bits per heavy atom. The van der Waals surface area contributed by atoms with Crippen LogP contribution in [0.25, 0.3) is 0 Å². The molecule has 0 saturated carbocycles. The Morgan fingerprint density at radius 2 is 1.95 bits per heavy atom. The van der Waals surface area contributed by atoms with Gasteiger partial charge in [0.2, 0.25) is 0 Å². The molecule has 0 aromatic carbocycles. The van der Waals surface area contributed by atoms with E-state index in [1.165, 1.54) is 5.70 Å². The van der Waals surface area contributed by atoms with Gasteiger partial charge in [-0.25, -0.2) is 0 Å². The number of hydrogen-bond donors (Lipinski definition) is 3. The molecule has 4 nitrogen and oxygen atoms in total. The predicted octanol–water partition coefficient (Wildman–Crippen LogP) is 1.66. The number of nitrogens with zero attached hydrogens (tertiary/aromatic N) is 1. The molecule has 0 radical (unpaired) electrons. The van der Waals surface area contributed by atoms with E-state index in [1.807, 2.05) is 13.0 Å². The molecule has 0 heterocycles. The molecule has 0 aromatic rings. The van der Waals surface area contributed by atoms with E-state index in [1.54, 1.807) is 0 Å². The van der Waals surface area contributed by atoms with Gasteiger partial charge in [0.25, 0.3) is 0 Å². The maximum atomic E-state index is 5.62. The van der Waals surface area contributed by atoms with Crippen LogP contribution >= 0.6 is 0 Å². The van der Waals surface area contributed by atoms with E-state index in [-0.39, 0.29) is 0 Å². The summed E-state index contributed by atoms with van der Waals surface area (Å²) in [6.07, 6.45) is 5.15. The monoisotopic (exact) mass is 268 g/mol. The fourth-order valence-corrected chi connectivity index (χ4v) is 1.63. The summed E-state index contributed by atoms with van der Waals surface area (Å²) < 4.78 is 0. The van der Waals surface area contributed by atoms with Crippen molar-refractivity contribution in [1.82, 2.24) is 15.5 Å². The van der Waals surface area contributed by atoms with Gasteiger partial charge in [0.15, 0.2) is 0 Å². The highest BCUT2D eigenvalue weighted by atomic mass is 15.1. The second kappa shape index (κ2) is 10.9. The summed E-state index contributed by atoms with van der Waals surface area (Å²) in [7, 11) is 2.12. The van der Waals surface area contributed by atoms with Crippen molar-refractivity contribution < 1.29 is 0 Å². The Hall–Kier alpha value is -1.00. The van der Waals surface area contributed by atoms with Crippen LogP contribution in [0.15, 0.2) is 23.5 Å². The Balaban J connectivity index is 3.85. The number of allylic oxidation sites excluding steroid dienone is 4. The predicted molar refractivity (Wildman–Crippen MR) is 85.0 cm³/mol. The summed E-state index contributed by atoms with van der Waals surface area (Å²) in [4.78, 5) is 2.27. The van der Waals surface area contributed by atoms with E-state index in [0.29, 0.717) is 6.04 Å². The maximum Gasteiger partial charge on any atom is 0.0186 e. The smallest absolute Gasteiger partial charge is 0.0186 e. The van der Waals surface area contributed by atoms with Crippen molar-refractivity contribution in [2.75, 3.05) is 33.2 Å². The molecule has 0 aliphatic carbocycles. The van der Waals surface area contributed by atoms with Crippen molar-refractivity contribution in [3.8, 4) is 0 Å². The summed E-state index contributed by atoms with van der Waals surface area (Å²) in [5.41, 5.74) is 7.70. The Morgan fingerprint density at radius 1 is 1.26 bits per heavy atom. The molecule has 1 unspecified atom stereocenters. The third-order valence-electron chi connectivity index (χ3n) is 3.13. The lowest BCUT2D eigenvalue weighted by atomic mass is 10.2. The van der Waals surface area contributed by atoms with Gasteiger partial charge in [-0.2, -0.15) is 0 Å². The van der Waals surface area contributed by atoms with Crippen molar-refractivity contribution in [3.63, 3.8) is 0 Å². The first kappa shape index (κ1) is 18.0. The molecule has 0 spiro atoms. The van der Waals surface area contributed by atoms with E-state index in [9.17, 15) is 0 Å². The van der Waals surface area contributed by atoms with E-state index >= 15 is 0 Å². The summed E-state index contributed by atoms with van der Waals surface area (Å²) >= 11 is 0. The minimum absolute atomic E-state index is 0.542. The van der Waals surface area contributed by atoms with Crippen molar-refractivity contribution in [2.45, 2.75) is 40.2 Å². The molecule has 0 aromatic heterocycles. The van der Waals surface area contributed by atoms with E-state index in [4.69, 9.17) is 5.73 Å². The Bertz CT molecular complexity index is 280. The summed E-state index contributed by atoms with van der Waals surface area (Å²) in [6.45, 7) is 12.5. The van der Waals surface area contributed by atoms with Gasteiger partial charge in [-0.3, -0.25) is 0 Å². The van der Waals surface area contributed by atoms with Gasteiger partial charge in [-0.15, -0.1) is 0 Å². The third kappa shape index (κ3) is 10.6. The van der Waals surface area contributed by atoms with Gasteiger partial charge < -0.3 is 21.3 Å². The molecule has 4 N–H and O–H groups in total. The molecule has 0 saturated heterocycles. The molecule has 0 amide bonds. The van der Waals surface area contributed by atoms with Crippen LogP contribution in [-0.2, 0) is 0 Å². The highest BCUT2D eigenvalue weighted by molar-refractivity contribution is 5.12. The Kier molecular flexibility index (Phi) is 10.3. The second-order valence-electron chi connectivity index (χ2n) is 5.14. The Labute approximate surface area is 119 Å². The normalized spacial score (nSPS) is 14.6. The molecule has 1 atom stereocenters. The van der Waals surface area contributed by atoms with E-state index < -0.39 is 0 Å². The topological polar surface area (TPSA) is 53.3 Å². The minimum atomic E-state index is 0.542. The third-order valence-corrected chi connectivity index (χ3v) is 3.13. The molecule has 19 heavy (non-hydrogen) atoms. The van der Waals surface area contributed by atoms with E-state index in [2.05, 4.69) is 49.4 Å². The van der Waals surface area contributed by atoms with Gasteiger partial charge in [-0.05, 0) is 45.9 Å². The molecule has 0 rings (SSSR count). The second-order valence-corrected chi connectivity index (χ2v) is 5.14. The first-order valence-corrected chi connectivity index (χ1v) is 7.23. The van der Waals surface area contributed by atoms with E-state index in [0.717, 1.165) is 38.3 Å². The van der Waals surface area contributed by atoms with Crippen molar-refractivity contribution >= 4 is 0 Å². The minimum Gasteiger partial charge on any atom is -0.402 e. The van der Waals surface area contributed by atoms with Crippen LogP contribution in [0.5, 0.6) is 0 Å². The summed E-state index contributed by atoms with van der Waals surface area (Å²) in [5, 5.41) is 6.84. The lowest BCUT2D eigenvalue weighted by Gasteiger charge is -2.22. The van der Waals surface area contributed by atoms with Crippen LogP contribution in [0.4, 0.5) is 0 Å². The fraction of sp³-hybridized carbons (Fsp3) is 0.733. The van der Waals surface area contributed by atoms with Crippen LogP contribution < -0.4 is 16.4 Å². The summed E-state index contributed by atoms with van der Waals surface area (Å²) in [5.74, 6) is 0. The molecule has 0 aliphatic rings. The molecular formula is C15H32N4. The van der Waals surface area contributed by atoms with Gasteiger partial charge in [0.1, 0.15) is 0 Å². The number of rotatable bonds is 10. The average molecular weight is 268 g/mol. The first-order chi connectivity index (χ1) is 8.97. The van der Waals surface area contributed by atoms with Crippen LogP contribution in [0.2, 0.25) is 0 Å². The quantitative estimate of drug-likeness (QED) is 0.417. The zero-order valence-electron chi connectivity index (χ0n) is 13.3. The lowest BCUT2D eigenvalue weighted by molar-refractivity contribution is 0.373. The zero-order chi connectivity index (χ0) is 14.7. The van der Waals surface area contributed by atoms with Crippen LogP contribution in [0.1, 0.15) is 34.1 Å². The number of nitrogens with two attached hydrogens (primary N) is 1. The highest BCUT2D eigenvalue weighted by Crippen LogP contribution is 2.03. The standard InChI is InChI=1S/C15H32N4/c1-6-17-10-11-18-14(3)9-12-19(5)15(4)8-7-13(2)16/h7-8,14,17-18H,6,9-12,16H2,1-5H3/b13-7+,15-8+. The van der Waals surface area contributed by atoms with Crippen molar-refractivity contribution in [1.29, 1.82) is 0 Å². The van der Waals surface area contributed by atoms with Gasteiger partial charge in [0, 0.05) is 44.1 Å².